The standard InChI is InChI=1S/C29H34N4O5/c1-6-20-14-11-15-22(18-20)25(26(35)31-19-21-12-9-8-10-13-21)33(7-2)27(36)23(16-17-24(30)34)32-28(37)38-29(3,4)5/h2,6,8-15,18,23,25H,1,16-17,19H2,3-5H3,(H2,30,34)(H,31,35)(H,32,37). The second kappa shape index (κ2) is 13.7. The summed E-state index contributed by atoms with van der Waals surface area (Å²) in [4.78, 5) is 52.1. The molecule has 0 aliphatic heterocycles. The number of alkyl carbamates (subject to hydrolysis) is 1. The second-order valence-corrected chi connectivity index (χ2v) is 9.52. The lowest BCUT2D eigenvalue weighted by Crippen LogP contribution is -2.51. The minimum absolute atomic E-state index is 0.142. The lowest BCUT2D eigenvalue weighted by atomic mass is 10.00. The van der Waals surface area contributed by atoms with Gasteiger partial charge in [0.05, 0.1) is 0 Å². The van der Waals surface area contributed by atoms with Crippen LogP contribution in [0.25, 0.3) is 6.08 Å². The first-order valence-electron chi connectivity index (χ1n) is 12.1. The van der Waals surface area contributed by atoms with E-state index >= 15 is 0 Å². The van der Waals surface area contributed by atoms with Gasteiger partial charge in [0.15, 0.2) is 0 Å². The molecule has 0 fully saturated rings. The number of benzene rings is 2. The Morgan fingerprint density at radius 2 is 1.82 bits per heavy atom. The molecule has 4 N–H and O–H groups in total. The Hall–Kier alpha value is -4.58. The first-order valence-corrected chi connectivity index (χ1v) is 12.1. The zero-order valence-corrected chi connectivity index (χ0v) is 21.9. The van der Waals surface area contributed by atoms with Crippen LogP contribution < -0.4 is 16.4 Å². The van der Waals surface area contributed by atoms with Gasteiger partial charge in [0, 0.05) is 19.0 Å². The highest BCUT2D eigenvalue weighted by atomic mass is 16.6. The predicted octanol–water partition coefficient (Wildman–Crippen LogP) is 3.27. The van der Waals surface area contributed by atoms with Crippen molar-refractivity contribution < 1.29 is 23.9 Å². The molecular formula is C29H34N4O5. The smallest absolute Gasteiger partial charge is 0.408 e. The predicted molar refractivity (Wildman–Crippen MR) is 145 cm³/mol. The van der Waals surface area contributed by atoms with Gasteiger partial charge in [-0.05, 0) is 49.9 Å². The maximum Gasteiger partial charge on any atom is 0.408 e. The first-order chi connectivity index (χ1) is 17.9. The summed E-state index contributed by atoms with van der Waals surface area (Å²) in [5.41, 5.74) is 6.45. The van der Waals surface area contributed by atoms with Gasteiger partial charge in [-0.1, -0.05) is 67.6 Å². The molecule has 0 heterocycles. The summed E-state index contributed by atoms with van der Waals surface area (Å²) in [5.74, 6) is -1.98. The molecule has 0 aromatic heterocycles. The van der Waals surface area contributed by atoms with E-state index in [0.717, 1.165) is 10.5 Å². The van der Waals surface area contributed by atoms with Crippen molar-refractivity contribution in [2.75, 3.05) is 0 Å². The molecule has 0 bridgehead atoms. The van der Waals surface area contributed by atoms with Crippen molar-refractivity contribution in [2.45, 2.75) is 57.8 Å². The molecular weight excluding hydrogens is 484 g/mol. The monoisotopic (exact) mass is 518 g/mol. The summed E-state index contributed by atoms with van der Waals surface area (Å²) >= 11 is 0. The molecule has 2 rings (SSSR count). The molecule has 2 atom stereocenters. The zero-order valence-electron chi connectivity index (χ0n) is 21.9. The minimum Gasteiger partial charge on any atom is -0.444 e. The lowest BCUT2D eigenvalue weighted by Gasteiger charge is -2.30. The van der Waals surface area contributed by atoms with Crippen molar-refractivity contribution in [1.29, 1.82) is 0 Å². The number of carbonyl (C=O) groups is 4. The highest BCUT2D eigenvalue weighted by Gasteiger charge is 2.36. The number of ether oxygens (including phenoxy) is 1. The van der Waals surface area contributed by atoms with Crippen LogP contribution >= 0.6 is 0 Å². The summed E-state index contributed by atoms with van der Waals surface area (Å²) in [6.07, 6.45) is 6.15. The summed E-state index contributed by atoms with van der Waals surface area (Å²) in [6.45, 7) is 8.96. The van der Waals surface area contributed by atoms with E-state index in [4.69, 9.17) is 16.9 Å². The third kappa shape index (κ3) is 9.13. The van der Waals surface area contributed by atoms with Gasteiger partial charge in [0.1, 0.15) is 17.7 Å². The fourth-order valence-electron chi connectivity index (χ4n) is 3.58. The molecule has 38 heavy (non-hydrogen) atoms. The number of carbonyl (C=O) groups excluding carboxylic acids is 4. The lowest BCUT2D eigenvalue weighted by molar-refractivity contribution is -0.139. The van der Waals surface area contributed by atoms with Crippen LogP contribution in [0.4, 0.5) is 4.79 Å². The van der Waals surface area contributed by atoms with Gasteiger partial charge in [0.2, 0.25) is 11.8 Å². The minimum atomic E-state index is -1.28. The topological polar surface area (TPSA) is 131 Å². The van der Waals surface area contributed by atoms with Gasteiger partial charge in [-0.2, -0.15) is 0 Å². The van der Waals surface area contributed by atoms with Crippen LogP contribution in [-0.2, 0) is 25.7 Å². The van der Waals surface area contributed by atoms with Crippen molar-refractivity contribution in [3.8, 4) is 12.5 Å². The van der Waals surface area contributed by atoms with E-state index in [1.165, 1.54) is 0 Å². The Morgan fingerprint density at radius 1 is 1.13 bits per heavy atom. The average molecular weight is 519 g/mol. The molecule has 2 aromatic carbocycles. The number of terminal acetylenes is 1. The molecule has 2 unspecified atom stereocenters. The van der Waals surface area contributed by atoms with Crippen LogP contribution in [0.2, 0.25) is 0 Å². The van der Waals surface area contributed by atoms with Crippen molar-refractivity contribution in [2.24, 2.45) is 5.73 Å². The van der Waals surface area contributed by atoms with Crippen LogP contribution in [0.1, 0.15) is 56.3 Å². The van der Waals surface area contributed by atoms with E-state index in [9.17, 15) is 19.2 Å². The fraction of sp³-hybridized carbons (Fsp3) is 0.310. The van der Waals surface area contributed by atoms with Gasteiger partial charge in [-0.15, -0.1) is 0 Å². The average Bonchev–Trinajstić information content (AvgIpc) is 2.87. The van der Waals surface area contributed by atoms with Crippen LogP contribution in [0.3, 0.4) is 0 Å². The van der Waals surface area contributed by atoms with Gasteiger partial charge in [-0.25, -0.2) is 4.79 Å². The summed E-state index contributed by atoms with van der Waals surface area (Å²) in [7, 11) is 0. The van der Waals surface area contributed by atoms with E-state index in [-0.39, 0.29) is 19.4 Å². The number of nitrogens with one attached hydrogen (secondary N) is 2. The van der Waals surface area contributed by atoms with Crippen LogP contribution in [0.5, 0.6) is 0 Å². The molecule has 0 saturated carbocycles. The first kappa shape index (κ1) is 29.6. The third-order valence-corrected chi connectivity index (χ3v) is 5.32. The third-order valence-electron chi connectivity index (χ3n) is 5.32. The molecule has 9 heteroatoms. The molecule has 0 spiro atoms. The molecule has 0 aliphatic rings. The molecule has 9 nitrogen and oxygen atoms in total. The van der Waals surface area contributed by atoms with Gasteiger partial charge < -0.3 is 21.1 Å². The van der Waals surface area contributed by atoms with Gasteiger partial charge >= 0.3 is 6.09 Å². The number of rotatable bonds is 11. The Morgan fingerprint density at radius 3 is 2.39 bits per heavy atom. The van der Waals surface area contributed by atoms with E-state index in [2.05, 4.69) is 23.3 Å². The number of nitrogens with two attached hydrogens (primary N) is 1. The number of hydrogen-bond donors (Lipinski definition) is 3. The molecule has 0 aliphatic carbocycles. The Labute approximate surface area is 223 Å². The van der Waals surface area contributed by atoms with Gasteiger partial charge in [-0.3, -0.25) is 19.3 Å². The van der Waals surface area contributed by atoms with Crippen molar-refractivity contribution in [3.05, 3.63) is 77.9 Å². The van der Waals surface area contributed by atoms with Crippen LogP contribution in [0.15, 0.2) is 61.2 Å². The highest BCUT2D eigenvalue weighted by molar-refractivity contribution is 5.93. The van der Waals surface area contributed by atoms with E-state index in [1.807, 2.05) is 30.3 Å². The highest BCUT2D eigenvalue weighted by Crippen LogP contribution is 2.24. The van der Waals surface area contributed by atoms with E-state index in [0.29, 0.717) is 11.1 Å². The van der Waals surface area contributed by atoms with Crippen molar-refractivity contribution >= 4 is 29.9 Å². The zero-order chi connectivity index (χ0) is 28.3. The van der Waals surface area contributed by atoms with E-state index < -0.39 is 41.5 Å². The number of amides is 4. The number of hydrogen-bond acceptors (Lipinski definition) is 5. The molecule has 4 amide bonds. The molecule has 200 valence electrons. The van der Waals surface area contributed by atoms with Crippen LogP contribution in [0, 0.1) is 12.5 Å². The maximum absolute atomic E-state index is 13.7. The Bertz CT molecular complexity index is 1200. The summed E-state index contributed by atoms with van der Waals surface area (Å²) in [5, 5.41) is 5.29. The molecule has 2 aromatic rings. The van der Waals surface area contributed by atoms with Crippen molar-refractivity contribution in [1.82, 2.24) is 15.5 Å². The maximum atomic E-state index is 13.7. The van der Waals surface area contributed by atoms with Crippen LogP contribution in [-0.4, -0.2) is 40.4 Å². The number of nitrogens with zero attached hydrogens (tertiary/aromatic N) is 1. The Kier molecular flexibility index (Phi) is 10.7. The number of primary amides is 1. The SMILES string of the molecule is C#CN(C(=O)C(CCC(N)=O)NC(=O)OC(C)(C)C)C(C(=O)NCc1ccccc1)c1cccc(C=C)c1. The normalized spacial score (nSPS) is 12.3. The van der Waals surface area contributed by atoms with E-state index in [1.54, 1.807) is 51.1 Å². The fourth-order valence-corrected chi connectivity index (χ4v) is 3.58. The molecule has 0 saturated heterocycles. The van der Waals surface area contributed by atoms with Crippen molar-refractivity contribution in [3.63, 3.8) is 0 Å². The summed E-state index contributed by atoms with van der Waals surface area (Å²) < 4.78 is 5.27. The van der Waals surface area contributed by atoms with Gasteiger partial charge in [0.25, 0.3) is 5.91 Å². The quantitative estimate of drug-likeness (QED) is 0.310. The second-order valence-electron chi connectivity index (χ2n) is 9.52. The largest absolute Gasteiger partial charge is 0.444 e. The summed E-state index contributed by atoms with van der Waals surface area (Å²) in [6, 6.07) is 15.9. The Balaban J connectivity index is 2.43. The molecule has 0 radical (unpaired) electrons.